The van der Waals surface area contributed by atoms with E-state index in [0.29, 0.717) is 30.8 Å². The lowest BCUT2D eigenvalue weighted by atomic mass is 10.2. The van der Waals surface area contributed by atoms with Crippen molar-refractivity contribution in [1.82, 2.24) is 14.8 Å². The molecule has 2 aliphatic rings. The number of likely N-dealkylation sites (tertiary alicyclic amines) is 1. The third-order valence-electron chi connectivity index (χ3n) is 5.10. The van der Waals surface area contributed by atoms with Crippen molar-refractivity contribution in [3.63, 3.8) is 0 Å². The fourth-order valence-electron chi connectivity index (χ4n) is 3.38. The second-order valence-electron chi connectivity index (χ2n) is 8.05. The highest BCUT2D eigenvalue weighted by atomic mass is 16.4. The number of β-amino-alcohol motifs (C(OH)–C–C–N with tert-alkyl or cyclic N) is 1. The van der Waals surface area contributed by atoms with Gasteiger partial charge in [0.1, 0.15) is 5.82 Å². The van der Waals surface area contributed by atoms with Crippen LogP contribution in [-0.2, 0) is 28.8 Å². The van der Waals surface area contributed by atoms with Gasteiger partial charge >= 0.3 is 23.9 Å². The third kappa shape index (κ3) is 14.0. The summed E-state index contributed by atoms with van der Waals surface area (Å²) in [7, 11) is 0. The van der Waals surface area contributed by atoms with E-state index in [1.165, 1.54) is 4.90 Å². The molecule has 0 saturated carbocycles. The molecule has 0 bridgehead atoms. The number of aromatic nitrogens is 1. The van der Waals surface area contributed by atoms with Crippen LogP contribution in [0, 0.1) is 0 Å². The summed E-state index contributed by atoms with van der Waals surface area (Å²) in [6, 6.07) is 5.87. The molecule has 0 aliphatic carbocycles. The first-order valence-corrected chi connectivity index (χ1v) is 11.6. The molecule has 1 unspecified atom stereocenters. The lowest BCUT2D eigenvalue weighted by molar-refractivity contribution is -0.140. The molecule has 15 nitrogen and oxygen atoms in total. The number of nitrogens with zero attached hydrogens (tertiary/aromatic N) is 4. The molecule has 0 radical (unpaired) electrons. The van der Waals surface area contributed by atoms with Gasteiger partial charge in [-0.3, -0.25) is 19.4 Å². The Morgan fingerprint density at radius 3 is 1.62 bits per heavy atom. The molecular weight excluding hydrogens is 520 g/mol. The average Bonchev–Trinajstić information content (AvgIpc) is 3.20. The number of carbonyl (C=O) groups is 6. The number of aliphatic hydroxyl groups excluding tert-OH is 1. The van der Waals surface area contributed by atoms with Crippen LogP contribution < -0.4 is 4.90 Å². The highest BCUT2D eigenvalue weighted by Gasteiger charge is 2.31. The maximum atomic E-state index is 11.6. The van der Waals surface area contributed by atoms with Gasteiger partial charge in [0, 0.05) is 76.1 Å². The number of pyridine rings is 1. The Bertz CT molecular complexity index is 985. The van der Waals surface area contributed by atoms with Gasteiger partial charge < -0.3 is 30.4 Å². The SMILES string of the molecule is O=C(O)/C=C\C(=O)O.O=C(O)/C=C\C(=O)O.O=C1CCC(=O)N1CC(O)CN1CCN(c2ccccn2)CC1. The monoisotopic (exact) mass is 550 g/mol. The van der Waals surface area contributed by atoms with Crippen LogP contribution in [0.5, 0.6) is 0 Å². The number of aliphatic carboxylic acids is 4. The molecule has 5 N–H and O–H groups in total. The first kappa shape index (κ1) is 32.4. The van der Waals surface area contributed by atoms with Crippen molar-refractivity contribution in [2.45, 2.75) is 18.9 Å². The van der Waals surface area contributed by atoms with Gasteiger partial charge in [-0.25, -0.2) is 24.2 Å². The number of carboxylic acid groups (broad SMARTS) is 4. The molecule has 0 spiro atoms. The predicted molar refractivity (Wildman–Crippen MR) is 134 cm³/mol. The minimum Gasteiger partial charge on any atom is -0.478 e. The quantitative estimate of drug-likeness (QED) is 0.186. The molecule has 2 fully saturated rings. The first-order chi connectivity index (χ1) is 18.4. The second-order valence-corrected chi connectivity index (χ2v) is 8.05. The Morgan fingerprint density at radius 1 is 0.769 bits per heavy atom. The van der Waals surface area contributed by atoms with E-state index in [9.17, 15) is 33.9 Å². The van der Waals surface area contributed by atoms with Crippen molar-refractivity contribution >= 4 is 41.5 Å². The van der Waals surface area contributed by atoms with Crippen molar-refractivity contribution in [2.75, 3.05) is 44.2 Å². The summed E-state index contributed by atoms with van der Waals surface area (Å²) in [5, 5.41) is 41.4. The summed E-state index contributed by atoms with van der Waals surface area (Å²) < 4.78 is 0. The van der Waals surface area contributed by atoms with Crippen LogP contribution in [0.15, 0.2) is 48.7 Å². The lowest BCUT2D eigenvalue weighted by Gasteiger charge is -2.36. The number of piperazine rings is 1. The van der Waals surface area contributed by atoms with Crippen molar-refractivity contribution < 1.29 is 54.3 Å². The number of imide groups is 1. The van der Waals surface area contributed by atoms with Gasteiger partial charge in [-0.15, -0.1) is 0 Å². The third-order valence-corrected chi connectivity index (χ3v) is 5.10. The zero-order chi connectivity index (χ0) is 29.4. The van der Waals surface area contributed by atoms with Crippen LogP contribution in [0.1, 0.15) is 12.8 Å². The van der Waals surface area contributed by atoms with Crippen LogP contribution in [0.3, 0.4) is 0 Å². The normalized spacial score (nSPS) is 16.3. The van der Waals surface area contributed by atoms with E-state index >= 15 is 0 Å². The van der Waals surface area contributed by atoms with E-state index in [4.69, 9.17) is 20.4 Å². The van der Waals surface area contributed by atoms with Crippen molar-refractivity contribution in [2.24, 2.45) is 0 Å². The summed E-state index contributed by atoms with van der Waals surface area (Å²) >= 11 is 0. The average molecular weight is 551 g/mol. The number of carboxylic acids is 4. The van der Waals surface area contributed by atoms with Gasteiger partial charge in [0.15, 0.2) is 0 Å². The predicted octanol–water partition coefficient (Wildman–Crippen LogP) is -0.863. The molecule has 3 rings (SSSR count). The Hall–Kier alpha value is -4.63. The molecule has 2 saturated heterocycles. The van der Waals surface area contributed by atoms with E-state index in [0.717, 1.165) is 32.0 Å². The lowest BCUT2D eigenvalue weighted by Crippen LogP contribution is -2.50. The van der Waals surface area contributed by atoms with Gasteiger partial charge in [-0.1, -0.05) is 6.07 Å². The fraction of sp³-hybridized carbons (Fsp3) is 0.375. The molecule has 1 atom stereocenters. The standard InChI is InChI=1S/C16H22N4O3.2C4H4O4/c21-13(12-20-15(22)4-5-16(20)23)11-18-7-9-19(10-8-18)14-3-1-2-6-17-14;2*5-3(6)1-2-4(7)8/h1-3,6,13,21H,4-5,7-12H2;2*1-2H,(H,5,6)(H,7,8)/b;2*2-1-. The number of carbonyl (C=O) groups excluding carboxylic acids is 2. The number of anilines is 1. The van der Waals surface area contributed by atoms with Gasteiger partial charge in [0.2, 0.25) is 11.8 Å². The summed E-state index contributed by atoms with van der Waals surface area (Å²) in [6.45, 7) is 3.95. The van der Waals surface area contributed by atoms with Crippen LogP contribution in [0.25, 0.3) is 0 Å². The fourth-order valence-corrected chi connectivity index (χ4v) is 3.38. The van der Waals surface area contributed by atoms with Crippen molar-refractivity contribution in [1.29, 1.82) is 0 Å². The summed E-state index contributed by atoms with van der Waals surface area (Å²) in [6.07, 6.45) is 3.87. The molecule has 1 aromatic heterocycles. The molecule has 1 aromatic rings. The molecule has 39 heavy (non-hydrogen) atoms. The van der Waals surface area contributed by atoms with Crippen LogP contribution in [0.4, 0.5) is 5.82 Å². The molecule has 2 amide bonds. The number of hydrogen-bond donors (Lipinski definition) is 5. The number of amides is 2. The minimum absolute atomic E-state index is 0.109. The smallest absolute Gasteiger partial charge is 0.328 e. The molecule has 15 heteroatoms. The zero-order valence-electron chi connectivity index (χ0n) is 20.8. The van der Waals surface area contributed by atoms with E-state index < -0.39 is 30.0 Å². The zero-order valence-corrected chi connectivity index (χ0v) is 20.8. The highest BCUT2D eigenvalue weighted by Crippen LogP contribution is 2.14. The van der Waals surface area contributed by atoms with Gasteiger partial charge in [-0.2, -0.15) is 0 Å². The number of rotatable bonds is 9. The van der Waals surface area contributed by atoms with E-state index in [-0.39, 0.29) is 31.2 Å². The molecule has 2 aliphatic heterocycles. The summed E-state index contributed by atoms with van der Waals surface area (Å²) in [4.78, 5) is 71.3. The van der Waals surface area contributed by atoms with Crippen LogP contribution >= 0.6 is 0 Å². The molecule has 0 aromatic carbocycles. The highest BCUT2D eigenvalue weighted by molar-refractivity contribution is 6.01. The van der Waals surface area contributed by atoms with E-state index in [1.54, 1.807) is 6.20 Å². The molecular formula is C24H30N4O11. The number of aliphatic hydroxyl groups is 1. The Labute approximate surface area is 222 Å². The van der Waals surface area contributed by atoms with Crippen molar-refractivity contribution in [3.8, 4) is 0 Å². The Balaban J connectivity index is 0.000000393. The van der Waals surface area contributed by atoms with Crippen LogP contribution in [-0.4, -0.2) is 121 Å². The summed E-state index contributed by atoms with van der Waals surface area (Å²) in [5.41, 5.74) is 0. The molecule has 212 valence electrons. The maximum Gasteiger partial charge on any atom is 0.328 e. The van der Waals surface area contributed by atoms with Gasteiger partial charge in [0.05, 0.1) is 12.6 Å². The second kappa shape index (κ2) is 17.0. The van der Waals surface area contributed by atoms with Gasteiger partial charge in [0.25, 0.3) is 0 Å². The van der Waals surface area contributed by atoms with Crippen molar-refractivity contribution in [3.05, 3.63) is 48.7 Å². The first-order valence-electron chi connectivity index (χ1n) is 11.6. The Kier molecular flexibility index (Phi) is 14.1. The minimum atomic E-state index is -1.26. The maximum absolute atomic E-state index is 11.6. The van der Waals surface area contributed by atoms with Gasteiger partial charge in [-0.05, 0) is 12.1 Å². The summed E-state index contributed by atoms with van der Waals surface area (Å²) in [5.74, 6) is -4.40. The molecule has 3 heterocycles. The largest absolute Gasteiger partial charge is 0.478 e. The topological polar surface area (TPSA) is 226 Å². The number of hydrogen-bond acceptors (Lipinski definition) is 10. The van der Waals surface area contributed by atoms with Crippen LogP contribution in [0.2, 0.25) is 0 Å². The van der Waals surface area contributed by atoms with E-state index in [1.807, 2.05) is 18.2 Å². The van der Waals surface area contributed by atoms with E-state index in [2.05, 4.69) is 14.8 Å². The Morgan fingerprint density at radius 2 is 1.23 bits per heavy atom.